The number of hydrogen-bond donors (Lipinski definition) is 1. The lowest BCUT2D eigenvalue weighted by atomic mass is 9.75. The van der Waals surface area contributed by atoms with Gasteiger partial charge < -0.3 is 15.2 Å². The number of benzene rings is 3. The molecule has 0 bridgehead atoms. The lowest BCUT2D eigenvalue weighted by Gasteiger charge is -2.50. The molecule has 0 aromatic heterocycles. The summed E-state index contributed by atoms with van der Waals surface area (Å²) in [6.07, 6.45) is -5.79. The number of nitriles is 1. The number of nitrogens with two attached hydrogens (primary N) is 1. The van der Waals surface area contributed by atoms with Crippen molar-refractivity contribution in [2.24, 2.45) is 5.73 Å². The van der Waals surface area contributed by atoms with Gasteiger partial charge >= 0.3 is 12.3 Å². The van der Waals surface area contributed by atoms with Crippen LogP contribution in [0.2, 0.25) is 0 Å². The molecule has 0 saturated carbocycles. The topological polar surface area (TPSA) is 88.6 Å². The quantitative estimate of drug-likeness (QED) is 0.302. The lowest BCUT2D eigenvalue weighted by molar-refractivity contribution is -0.137. The van der Waals surface area contributed by atoms with E-state index in [-0.39, 0.29) is 43.7 Å². The van der Waals surface area contributed by atoms with Crippen molar-refractivity contribution < 1.29 is 31.8 Å². The maximum absolute atomic E-state index is 13.6. The average molecular weight is 570 g/mol. The van der Waals surface area contributed by atoms with Crippen molar-refractivity contribution in [1.29, 1.82) is 5.26 Å². The van der Waals surface area contributed by atoms with E-state index in [0.29, 0.717) is 5.56 Å². The van der Waals surface area contributed by atoms with Crippen molar-refractivity contribution >= 4 is 6.09 Å². The van der Waals surface area contributed by atoms with Crippen LogP contribution in [0.15, 0.2) is 78.9 Å². The number of nitrogens with zero attached hydrogens (tertiary/aromatic N) is 2. The molecule has 216 valence electrons. The van der Waals surface area contributed by atoms with Crippen LogP contribution in [0.25, 0.3) is 0 Å². The fraction of sp³-hybridized carbons (Fsp3) is 0.355. The number of carbonyl (C=O) groups excluding carboxylic acids is 1. The third kappa shape index (κ3) is 6.87. The van der Waals surface area contributed by atoms with Gasteiger partial charge in [-0.1, -0.05) is 66.7 Å². The van der Waals surface area contributed by atoms with Gasteiger partial charge in [-0.2, -0.15) is 18.4 Å². The van der Waals surface area contributed by atoms with Gasteiger partial charge in [-0.15, -0.1) is 0 Å². The summed E-state index contributed by atoms with van der Waals surface area (Å²) in [6.45, 7) is 0.199. The van der Waals surface area contributed by atoms with E-state index in [1.165, 1.54) is 11.0 Å². The van der Waals surface area contributed by atoms with E-state index in [0.717, 1.165) is 17.7 Å². The summed E-state index contributed by atoms with van der Waals surface area (Å²) in [7, 11) is 0. The number of ether oxygens (including phenoxy) is 2. The summed E-state index contributed by atoms with van der Waals surface area (Å²) in [5.74, 6) is 0. The van der Waals surface area contributed by atoms with Gasteiger partial charge in [0, 0.05) is 0 Å². The van der Waals surface area contributed by atoms with E-state index in [1.807, 2.05) is 48.5 Å². The van der Waals surface area contributed by atoms with E-state index in [9.17, 15) is 27.6 Å². The minimum atomic E-state index is -4.66. The first-order valence-corrected chi connectivity index (χ1v) is 13.1. The molecule has 10 heteroatoms. The van der Waals surface area contributed by atoms with Crippen molar-refractivity contribution in [1.82, 2.24) is 4.90 Å². The molecular weight excluding hydrogens is 538 g/mol. The monoisotopic (exact) mass is 569 g/mol. The predicted octanol–water partition coefficient (Wildman–Crippen LogP) is 6.80. The number of piperidine rings is 1. The zero-order chi connectivity index (χ0) is 29.7. The summed E-state index contributed by atoms with van der Waals surface area (Å²) in [4.78, 5) is 15.0. The van der Waals surface area contributed by atoms with Crippen LogP contribution in [0.5, 0.6) is 0 Å². The first-order chi connectivity index (χ1) is 19.5. The van der Waals surface area contributed by atoms with E-state index in [2.05, 4.69) is 6.07 Å². The van der Waals surface area contributed by atoms with Crippen molar-refractivity contribution in [2.75, 3.05) is 13.2 Å². The molecule has 0 spiro atoms. The number of likely N-dealkylation sites (tertiary alicyclic amines) is 1. The second-order valence-corrected chi connectivity index (χ2v) is 10.3. The Balaban J connectivity index is 1.68. The first kappa shape index (κ1) is 30.0. The molecule has 1 fully saturated rings. The van der Waals surface area contributed by atoms with Crippen molar-refractivity contribution in [2.45, 2.75) is 56.4 Å². The molecule has 1 aliphatic rings. The average Bonchev–Trinajstić information content (AvgIpc) is 2.99. The van der Waals surface area contributed by atoms with Crippen LogP contribution in [0, 0.1) is 11.3 Å². The Labute approximate surface area is 236 Å². The maximum atomic E-state index is 13.6. The molecule has 6 nitrogen and oxygen atoms in total. The second kappa shape index (κ2) is 12.3. The highest BCUT2D eigenvalue weighted by atomic mass is 19.4. The molecule has 1 saturated heterocycles. The van der Waals surface area contributed by atoms with Gasteiger partial charge in [-0.3, -0.25) is 4.90 Å². The highest BCUT2D eigenvalue weighted by molar-refractivity contribution is 5.70. The molecule has 1 heterocycles. The zero-order valence-corrected chi connectivity index (χ0v) is 22.5. The van der Waals surface area contributed by atoms with Crippen LogP contribution in [-0.2, 0) is 34.5 Å². The molecule has 0 aliphatic carbocycles. The summed E-state index contributed by atoms with van der Waals surface area (Å²) >= 11 is 0. The number of carbonyl (C=O) groups is 1. The third-order valence-corrected chi connectivity index (χ3v) is 7.44. The van der Waals surface area contributed by atoms with Crippen molar-refractivity contribution in [3.8, 4) is 6.07 Å². The third-order valence-electron chi connectivity index (χ3n) is 7.44. The van der Waals surface area contributed by atoms with Crippen LogP contribution in [0.1, 0.15) is 53.7 Å². The van der Waals surface area contributed by atoms with Gasteiger partial charge in [0.2, 0.25) is 0 Å². The number of hydrogen-bond acceptors (Lipinski definition) is 5. The number of halogens is 4. The highest BCUT2D eigenvalue weighted by Gasteiger charge is 2.51. The van der Waals surface area contributed by atoms with Gasteiger partial charge in [0.25, 0.3) is 0 Å². The van der Waals surface area contributed by atoms with Crippen LogP contribution in [-0.4, -0.2) is 29.7 Å². The van der Waals surface area contributed by atoms with Crippen LogP contribution < -0.4 is 5.73 Å². The standard InChI is InChI=1S/C31H31F4N3O3/c1-22(25-14-24(17-32)15-27(16-25)31(33,34)35)41-21-30(26-10-6-3-7-11-26)13-12-29(37,19-36)20-38(30)28(39)40-18-23-8-4-2-5-9-23/h2-11,14-16,22H,12-13,17-18,20-21,37H2,1H3/t22-,29-,30-/m1/s1. The Morgan fingerprint density at radius 3 is 2.32 bits per heavy atom. The SMILES string of the molecule is C[C@@H](OC[C@@]1(c2ccccc2)CC[C@@](N)(C#N)CN1C(=O)OCc1ccccc1)c1cc(CF)cc(C(F)(F)F)c1. The van der Waals surface area contributed by atoms with E-state index >= 15 is 0 Å². The normalized spacial score (nSPS) is 21.6. The summed E-state index contributed by atoms with van der Waals surface area (Å²) in [5.41, 5.74) is 4.37. The van der Waals surface area contributed by atoms with Crippen molar-refractivity contribution in [3.05, 3.63) is 107 Å². The molecule has 3 atom stereocenters. The Bertz CT molecular complexity index is 1380. The lowest BCUT2D eigenvalue weighted by Crippen LogP contribution is -2.64. The number of amides is 1. The molecule has 1 aliphatic heterocycles. The molecule has 3 aromatic carbocycles. The summed E-state index contributed by atoms with van der Waals surface area (Å²) < 4.78 is 65.7. The van der Waals surface area contributed by atoms with Gasteiger partial charge in [-0.25, -0.2) is 9.18 Å². The van der Waals surface area contributed by atoms with Gasteiger partial charge in [0.05, 0.1) is 36.4 Å². The minimum absolute atomic E-state index is 0.0152. The molecule has 3 aromatic rings. The van der Waals surface area contributed by atoms with Crippen molar-refractivity contribution in [3.63, 3.8) is 0 Å². The summed E-state index contributed by atoms with van der Waals surface area (Å²) in [6, 6.07) is 23.3. The predicted molar refractivity (Wildman–Crippen MR) is 144 cm³/mol. The Hall–Kier alpha value is -3.94. The van der Waals surface area contributed by atoms with E-state index < -0.39 is 41.7 Å². The second-order valence-electron chi connectivity index (χ2n) is 10.3. The van der Waals surface area contributed by atoms with E-state index in [4.69, 9.17) is 15.2 Å². The first-order valence-electron chi connectivity index (χ1n) is 13.1. The molecular formula is C31H31F4N3O3. The minimum Gasteiger partial charge on any atom is -0.445 e. The smallest absolute Gasteiger partial charge is 0.416 e. The number of alkyl halides is 4. The Morgan fingerprint density at radius 1 is 1.05 bits per heavy atom. The van der Waals surface area contributed by atoms with E-state index in [1.54, 1.807) is 19.1 Å². The van der Waals surface area contributed by atoms with Gasteiger partial charge in [0.1, 0.15) is 18.8 Å². The molecule has 0 radical (unpaired) electrons. The van der Waals surface area contributed by atoms with Crippen LogP contribution in [0.3, 0.4) is 0 Å². The molecule has 41 heavy (non-hydrogen) atoms. The molecule has 2 N–H and O–H groups in total. The fourth-order valence-electron chi connectivity index (χ4n) is 5.04. The number of rotatable bonds is 8. The Morgan fingerprint density at radius 2 is 1.71 bits per heavy atom. The largest absolute Gasteiger partial charge is 0.445 e. The van der Waals surface area contributed by atoms with Gasteiger partial charge in [-0.05, 0) is 54.2 Å². The zero-order valence-electron chi connectivity index (χ0n) is 22.5. The summed E-state index contributed by atoms with van der Waals surface area (Å²) in [5, 5.41) is 9.80. The van der Waals surface area contributed by atoms with Crippen LogP contribution in [0.4, 0.5) is 22.4 Å². The maximum Gasteiger partial charge on any atom is 0.416 e. The fourth-order valence-corrected chi connectivity index (χ4v) is 5.04. The van der Waals surface area contributed by atoms with Gasteiger partial charge in [0.15, 0.2) is 0 Å². The molecule has 1 amide bonds. The van der Waals surface area contributed by atoms with Crippen LogP contribution >= 0.6 is 0 Å². The highest BCUT2D eigenvalue weighted by Crippen LogP contribution is 2.42. The molecule has 0 unspecified atom stereocenters. The molecule has 4 rings (SSSR count). The Kier molecular flexibility index (Phi) is 9.00.